The molecule has 0 amide bonds. The maximum atomic E-state index is 9.50. The Morgan fingerprint density at radius 3 is 1.55 bits per heavy atom. The first-order valence-corrected chi connectivity index (χ1v) is 17.3. The number of nitriles is 2. The first kappa shape index (κ1) is 30.1. The normalized spacial score (nSPS) is 11.4. The van der Waals surface area contributed by atoms with E-state index in [0.29, 0.717) is 22.8 Å². The molecular weight excluding hydrogens is 651 g/mol. The molecule has 0 aliphatic heterocycles. The van der Waals surface area contributed by atoms with Crippen LogP contribution in [0.1, 0.15) is 11.1 Å². The van der Waals surface area contributed by atoms with Crippen LogP contribution >= 0.6 is 0 Å². The molecule has 0 unspecified atom stereocenters. The van der Waals surface area contributed by atoms with Gasteiger partial charge in [0.1, 0.15) is 0 Å². The minimum atomic E-state index is 0.536. The van der Waals surface area contributed by atoms with E-state index in [2.05, 4.69) is 137 Å². The van der Waals surface area contributed by atoms with Gasteiger partial charge in [0.25, 0.3) is 0 Å². The molecule has 10 aromatic rings. The van der Waals surface area contributed by atoms with E-state index in [-0.39, 0.29) is 0 Å². The van der Waals surface area contributed by atoms with Crippen molar-refractivity contribution in [3.05, 3.63) is 175 Å². The molecule has 7 aromatic carbocycles. The maximum Gasteiger partial charge on any atom is 0.182 e. The van der Waals surface area contributed by atoms with Gasteiger partial charge in [-0.2, -0.15) is 10.5 Å². The van der Waals surface area contributed by atoms with E-state index >= 15 is 0 Å². The van der Waals surface area contributed by atoms with Gasteiger partial charge in [-0.15, -0.1) is 5.10 Å². The van der Waals surface area contributed by atoms with Gasteiger partial charge in [0.2, 0.25) is 0 Å². The summed E-state index contributed by atoms with van der Waals surface area (Å²) in [5.74, 6) is 1.18. The Morgan fingerprint density at radius 2 is 0.943 bits per heavy atom. The molecule has 3 aromatic heterocycles. The lowest BCUT2D eigenvalue weighted by Crippen LogP contribution is -2.01. The summed E-state index contributed by atoms with van der Waals surface area (Å²) in [7, 11) is 0. The van der Waals surface area contributed by atoms with Gasteiger partial charge in [0.15, 0.2) is 11.6 Å². The summed E-state index contributed by atoms with van der Waals surface area (Å²) in [5.41, 5.74) is 10.2. The van der Waals surface area contributed by atoms with Crippen molar-refractivity contribution < 1.29 is 0 Å². The molecule has 0 atom stereocenters. The Bertz CT molecular complexity index is 3070. The Hall–Kier alpha value is -7.74. The summed E-state index contributed by atoms with van der Waals surface area (Å²) < 4.78 is 6.57. The molecule has 53 heavy (non-hydrogen) atoms. The lowest BCUT2D eigenvalue weighted by atomic mass is 10.1. The molecule has 0 spiro atoms. The number of para-hydroxylation sites is 3. The molecule has 0 saturated heterocycles. The SMILES string of the molecule is N#Cc1ccc(-c2nc(-c3ccc(C#N)cc3)n(-c3cccc4c3c3ccccc3n4-c3cccc(-n4c5ccccc5c5ccccc54)c3)n2)cc1. The summed E-state index contributed by atoms with van der Waals surface area (Å²) in [6.45, 7) is 0. The van der Waals surface area contributed by atoms with Gasteiger partial charge < -0.3 is 9.13 Å². The van der Waals surface area contributed by atoms with E-state index in [4.69, 9.17) is 10.1 Å². The summed E-state index contributed by atoms with van der Waals surface area (Å²) in [6.07, 6.45) is 0. The topological polar surface area (TPSA) is 88.2 Å². The Kier molecular flexibility index (Phi) is 6.79. The third kappa shape index (κ3) is 4.73. The van der Waals surface area contributed by atoms with Crippen molar-refractivity contribution in [2.45, 2.75) is 0 Å². The van der Waals surface area contributed by atoms with Gasteiger partial charge in [-0.1, -0.05) is 66.7 Å². The third-order valence-electron chi connectivity index (χ3n) is 9.98. The highest BCUT2D eigenvalue weighted by Crippen LogP contribution is 2.39. The van der Waals surface area contributed by atoms with Crippen LogP contribution in [0.15, 0.2) is 164 Å². The van der Waals surface area contributed by atoms with Crippen LogP contribution in [-0.2, 0) is 0 Å². The average Bonchev–Trinajstić information content (AvgIpc) is 3.92. The zero-order chi connectivity index (χ0) is 35.5. The van der Waals surface area contributed by atoms with E-state index in [9.17, 15) is 10.5 Å². The van der Waals surface area contributed by atoms with E-state index in [1.54, 1.807) is 24.3 Å². The van der Waals surface area contributed by atoms with E-state index in [1.165, 1.54) is 10.8 Å². The average molecular weight is 678 g/mol. The molecule has 7 heteroatoms. The molecule has 0 N–H and O–H groups in total. The molecule has 246 valence electrons. The zero-order valence-corrected chi connectivity index (χ0v) is 28.2. The van der Waals surface area contributed by atoms with Crippen molar-refractivity contribution in [2.75, 3.05) is 0 Å². The first-order valence-electron chi connectivity index (χ1n) is 17.3. The molecule has 0 radical (unpaired) electrons. The molecular formula is C46H27N7. The van der Waals surface area contributed by atoms with Crippen LogP contribution in [0.4, 0.5) is 0 Å². The van der Waals surface area contributed by atoms with Gasteiger partial charge in [-0.25, -0.2) is 9.67 Å². The summed E-state index contributed by atoms with van der Waals surface area (Å²) in [4.78, 5) is 5.06. The molecule has 0 fully saturated rings. The molecule has 0 saturated carbocycles. The van der Waals surface area contributed by atoms with E-state index in [1.807, 2.05) is 28.9 Å². The third-order valence-corrected chi connectivity index (χ3v) is 9.98. The van der Waals surface area contributed by atoms with Crippen LogP contribution in [0.2, 0.25) is 0 Å². The lowest BCUT2D eigenvalue weighted by Gasteiger charge is -2.13. The second-order valence-corrected chi connectivity index (χ2v) is 13.0. The van der Waals surface area contributed by atoms with Crippen LogP contribution in [0.25, 0.3) is 83.4 Å². The van der Waals surface area contributed by atoms with Crippen LogP contribution in [0.3, 0.4) is 0 Å². The number of hydrogen-bond acceptors (Lipinski definition) is 4. The van der Waals surface area contributed by atoms with Crippen molar-refractivity contribution >= 4 is 43.6 Å². The summed E-state index contributed by atoms with van der Waals surface area (Å²) >= 11 is 0. The number of benzene rings is 7. The van der Waals surface area contributed by atoms with Crippen molar-refractivity contribution in [3.63, 3.8) is 0 Å². The molecule has 0 aliphatic rings. The maximum absolute atomic E-state index is 9.50. The number of rotatable bonds is 5. The number of fused-ring (bicyclic) bond motifs is 6. The van der Waals surface area contributed by atoms with Crippen LogP contribution in [0, 0.1) is 22.7 Å². The molecule has 0 aliphatic carbocycles. The van der Waals surface area contributed by atoms with E-state index in [0.717, 1.165) is 61.0 Å². The fraction of sp³-hybridized carbons (Fsp3) is 0. The fourth-order valence-corrected chi connectivity index (χ4v) is 7.60. The minimum absolute atomic E-state index is 0.536. The Labute approximate surface area is 304 Å². The fourth-order valence-electron chi connectivity index (χ4n) is 7.60. The largest absolute Gasteiger partial charge is 0.309 e. The molecule has 7 nitrogen and oxygen atoms in total. The summed E-state index contributed by atoms with van der Waals surface area (Å²) in [5, 5.41) is 28.6. The monoisotopic (exact) mass is 677 g/mol. The van der Waals surface area contributed by atoms with E-state index < -0.39 is 0 Å². The number of aromatic nitrogens is 5. The number of hydrogen-bond donors (Lipinski definition) is 0. The molecule has 10 rings (SSSR count). The zero-order valence-electron chi connectivity index (χ0n) is 28.2. The van der Waals surface area contributed by atoms with Crippen molar-refractivity contribution in [2.24, 2.45) is 0 Å². The highest BCUT2D eigenvalue weighted by Gasteiger charge is 2.22. The van der Waals surface area contributed by atoms with Gasteiger partial charge in [0, 0.05) is 44.0 Å². The number of nitrogens with zero attached hydrogens (tertiary/aromatic N) is 7. The molecule has 3 heterocycles. The highest BCUT2D eigenvalue weighted by molar-refractivity contribution is 6.13. The standard InChI is InChI=1S/C46H27N7/c47-28-30-19-23-32(24-20-30)45-49-46(33-25-21-31(29-48)22-26-33)53(50-45)43-18-8-17-42-44(43)38-13-3-6-16-41(38)52(42)35-10-7-9-34(27-35)51-39-14-4-1-11-36(39)37-12-2-5-15-40(37)51/h1-27H. The van der Waals surface area contributed by atoms with Gasteiger partial charge in [-0.3, -0.25) is 0 Å². The summed E-state index contributed by atoms with van der Waals surface area (Å²) in [6, 6.07) is 59.8. The Balaban J connectivity index is 1.21. The van der Waals surface area contributed by atoms with Gasteiger partial charge >= 0.3 is 0 Å². The van der Waals surface area contributed by atoms with Crippen molar-refractivity contribution in [3.8, 4) is 52.0 Å². The van der Waals surface area contributed by atoms with Gasteiger partial charge in [-0.05, 0) is 97.1 Å². The van der Waals surface area contributed by atoms with Crippen LogP contribution in [-0.4, -0.2) is 23.9 Å². The lowest BCUT2D eigenvalue weighted by molar-refractivity contribution is 0.898. The Morgan fingerprint density at radius 1 is 0.453 bits per heavy atom. The quantitative estimate of drug-likeness (QED) is 0.181. The second-order valence-electron chi connectivity index (χ2n) is 13.0. The smallest absolute Gasteiger partial charge is 0.182 e. The van der Waals surface area contributed by atoms with Crippen LogP contribution < -0.4 is 0 Å². The van der Waals surface area contributed by atoms with Crippen molar-refractivity contribution in [1.29, 1.82) is 10.5 Å². The second kappa shape index (κ2) is 11.9. The predicted molar refractivity (Wildman–Crippen MR) is 210 cm³/mol. The highest BCUT2D eigenvalue weighted by atomic mass is 15.4. The van der Waals surface area contributed by atoms with Crippen LogP contribution in [0.5, 0.6) is 0 Å². The van der Waals surface area contributed by atoms with Crippen molar-refractivity contribution in [1.82, 2.24) is 23.9 Å². The van der Waals surface area contributed by atoms with Gasteiger partial charge in [0.05, 0.1) is 51.0 Å². The minimum Gasteiger partial charge on any atom is -0.309 e. The molecule has 0 bridgehead atoms. The first-order chi connectivity index (χ1) is 26.2. The predicted octanol–water partition coefficient (Wildman–Crippen LogP) is 10.5.